The molecule has 1 fully saturated rings. The summed E-state index contributed by atoms with van der Waals surface area (Å²) in [5.41, 5.74) is 3.10. The molecular weight excluding hydrogens is 392 g/mol. The van der Waals surface area contributed by atoms with Crippen LogP contribution in [0, 0.1) is 6.92 Å². The highest BCUT2D eigenvalue weighted by atomic mass is 16.5. The van der Waals surface area contributed by atoms with Gasteiger partial charge in [-0.15, -0.1) is 0 Å². The summed E-state index contributed by atoms with van der Waals surface area (Å²) in [5, 5.41) is 0. The van der Waals surface area contributed by atoms with Crippen LogP contribution in [0.4, 0.5) is 5.69 Å². The van der Waals surface area contributed by atoms with Crippen LogP contribution < -0.4 is 15.2 Å². The van der Waals surface area contributed by atoms with Gasteiger partial charge in [0.1, 0.15) is 11.4 Å². The van der Waals surface area contributed by atoms with Gasteiger partial charge in [0.25, 0.3) is 11.5 Å². The van der Waals surface area contributed by atoms with Gasteiger partial charge in [-0.05, 0) is 49.9 Å². The van der Waals surface area contributed by atoms with Crippen molar-refractivity contribution in [2.75, 3.05) is 24.5 Å². The molecule has 7 nitrogen and oxygen atoms in total. The Morgan fingerprint density at radius 1 is 1.13 bits per heavy atom. The second-order valence-corrected chi connectivity index (χ2v) is 8.31. The third-order valence-corrected chi connectivity index (χ3v) is 6.10. The molecule has 0 radical (unpaired) electrons. The normalized spacial score (nSPS) is 18.5. The number of aryl methyl sites for hydroxylation is 1. The van der Waals surface area contributed by atoms with E-state index in [1.165, 1.54) is 6.42 Å². The molecule has 0 bridgehead atoms. The first-order valence-electron chi connectivity index (χ1n) is 10.9. The van der Waals surface area contributed by atoms with Gasteiger partial charge in [0.2, 0.25) is 0 Å². The van der Waals surface area contributed by atoms with E-state index in [4.69, 9.17) is 9.72 Å². The highest BCUT2D eigenvalue weighted by Crippen LogP contribution is 2.34. The van der Waals surface area contributed by atoms with Crippen LogP contribution in [0.25, 0.3) is 5.65 Å². The summed E-state index contributed by atoms with van der Waals surface area (Å²) in [6.07, 6.45) is 4.44. The third kappa shape index (κ3) is 3.76. The number of likely N-dealkylation sites (tertiary alicyclic amines) is 1. The summed E-state index contributed by atoms with van der Waals surface area (Å²) in [7, 11) is 0. The minimum Gasteiger partial charge on any atom is -0.477 e. The zero-order valence-corrected chi connectivity index (χ0v) is 17.7. The zero-order chi connectivity index (χ0) is 21.4. The number of carbonyl (C=O) groups is 1. The Morgan fingerprint density at radius 2 is 1.94 bits per heavy atom. The van der Waals surface area contributed by atoms with Gasteiger partial charge >= 0.3 is 0 Å². The van der Waals surface area contributed by atoms with Crippen LogP contribution in [0.5, 0.6) is 5.75 Å². The highest BCUT2D eigenvalue weighted by molar-refractivity contribution is 5.83. The first-order chi connectivity index (χ1) is 15.1. The van der Waals surface area contributed by atoms with Gasteiger partial charge in [0.15, 0.2) is 6.10 Å². The fourth-order valence-corrected chi connectivity index (χ4v) is 4.49. The number of piperidine rings is 1. The monoisotopic (exact) mass is 418 g/mol. The van der Waals surface area contributed by atoms with Gasteiger partial charge in [0, 0.05) is 25.4 Å². The predicted molar refractivity (Wildman–Crippen MR) is 119 cm³/mol. The van der Waals surface area contributed by atoms with E-state index in [0.29, 0.717) is 30.2 Å². The molecule has 1 amide bonds. The second-order valence-electron chi connectivity index (χ2n) is 8.31. The number of benzene rings is 1. The lowest BCUT2D eigenvalue weighted by atomic mass is 10.1. The van der Waals surface area contributed by atoms with E-state index in [9.17, 15) is 9.59 Å². The van der Waals surface area contributed by atoms with E-state index < -0.39 is 6.10 Å². The van der Waals surface area contributed by atoms with E-state index in [2.05, 4.69) is 4.90 Å². The van der Waals surface area contributed by atoms with Crippen LogP contribution in [0.3, 0.4) is 0 Å². The van der Waals surface area contributed by atoms with Crippen molar-refractivity contribution in [3.63, 3.8) is 0 Å². The number of carbonyl (C=O) groups excluding carboxylic acids is 1. The van der Waals surface area contributed by atoms with Gasteiger partial charge < -0.3 is 14.5 Å². The number of hydrogen-bond acceptors (Lipinski definition) is 5. The number of aromatic nitrogens is 2. The van der Waals surface area contributed by atoms with E-state index in [-0.39, 0.29) is 11.5 Å². The maximum Gasteiger partial charge on any atom is 0.265 e. The molecule has 7 heteroatoms. The highest BCUT2D eigenvalue weighted by Gasteiger charge is 2.34. The minimum atomic E-state index is -0.559. The molecular formula is C24H26N4O3. The van der Waals surface area contributed by atoms with Crippen molar-refractivity contribution < 1.29 is 9.53 Å². The lowest BCUT2D eigenvalue weighted by Gasteiger charge is -2.38. The first-order valence-corrected chi connectivity index (χ1v) is 10.9. The largest absolute Gasteiger partial charge is 0.477 e. The summed E-state index contributed by atoms with van der Waals surface area (Å²) in [5.74, 6) is 0.736. The summed E-state index contributed by atoms with van der Waals surface area (Å²) in [4.78, 5) is 34.5. The number of pyridine rings is 1. The molecule has 0 spiro atoms. The van der Waals surface area contributed by atoms with Crippen molar-refractivity contribution in [2.24, 2.45) is 0 Å². The number of ether oxygens (including phenoxy) is 1. The summed E-state index contributed by atoms with van der Waals surface area (Å²) in [6.45, 7) is 4.40. The van der Waals surface area contributed by atoms with Crippen LogP contribution in [0.15, 0.2) is 53.5 Å². The smallest absolute Gasteiger partial charge is 0.265 e. The van der Waals surface area contributed by atoms with Crippen LogP contribution in [-0.2, 0) is 11.3 Å². The molecule has 2 aliphatic rings. The van der Waals surface area contributed by atoms with E-state index in [1.54, 1.807) is 16.7 Å². The molecule has 3 aromatic rings. The SMILES string of the molecule is Cc1cccn2c(=O)cc(CN3C[C@@H](C(=O)N4CCCCC4)Oc4ccccc43)nc12. The fourth-order valence-electron chi connectivity index (χ4n) is 4.49. The average Bonchev–Trinajstić information content (AvgIpc) is 2.80. The van der Waals surface area contributed by atoms with Crippen molar-refractivity contribution in [1.82, 2.24) is 14.3 Å². The van der Waals surface area contributed by atoms with E-state index >= 15 is 0 Å². The van der Waals surface area contributed by atoms with Crippen LogP contribution in [0.1, 0.15) is 30.5 Å². The lowest BCUT2D eigenvalue weighted by Crippen LogP contribution is -2.51. The summed E-state index contributed by atoms with van der Waals surface area (Å²) < 4.78 is 7.67. The molecule has 0 unspecified atom stereocenters. The van der Waals surface area contributed by atoms with Gasteiger partial charge in [-0.2, -0.15) is 0 Å². The van der Waals surface area contributed by atoms with Gasteiger partial charge in [-0.1, -0.05) is 18.2 Å². The molecule has 2 aromatic heterocycles. The Kier molecular flexibility index (Phi) is 5.10. The number of rotatable bonds is 3. The van der Waals surface area contributed by atoms with Crippen molar-refractivity contribution in [1.29, 1.82) is 0 Å². The molecule has 31 heavy (non-hydrogen) atoms. The fraction of sp³-hybridized carbons (Fsp3) is 0.375. The molecule has 0 saturated carbocycles. The second kappa shape index (κ2) is 8.06. The van der Waals surface area contributed by atoms with Crippen molar-refractivity contribution >= 4 is 17.2 Å². The minimum absolute atomic E-state index is 0.0431. The number of para-hydroxylation sites is 2. The maximum atomic E-state index is 13.1. The Morgan fingerprint density at radius 3 is 2.77 bits per heavy atom. The Bertz CT molecular complexity index is 1180. The van der Waals surface area contributed by atoms with Crippen molar-refractivity contribution in [3.8, 4) is 5.75 Å². The number of anilines is 1. The topological polar surface area (TPSA) is 67.2 Å². The molecule has 0 aliphatic carbocycles. The van der Waals surface area contributed by atoms with Gasteiger partial charge in [-0.3, -0.25) is 14.0 Å². The zero-order valence-electron chi connectivity index (χ0n) is 17.7. The number of nitrogens with zero attached hydrogens (tertiary/aromatic N) is 4. The lowest BCUT2D eigenvalue weighted by molar-refractivity contribution is -0.139. The Labute approximate surface area is 180 Å². The Balaban J connectivity index is 1.46. The summed E-state index contributed by atoms with van der Waals surface area (Å²) >= 11 is 0. The van der Waals surface area contributed by atoms with Crippen molar-refractivity contribution in [3.05, 3.63) is 70.3 Å². The van der Waals surface area contributed by atoms with Gasteiger partial charge in [0.05, 0.1) is 24.5 Å². The van der Waals surface area contributed by atoms with Crippen LogP contribution >= 0.6 is 0 Å². The third-order valence-electron chi connectivity index (χ3n) is 6.10. The molecule has 160 valence electrons. The van der Waals surface area contributed by atoms with Crippen LogP contribution in [-0.4, -0.2) is 45.9 Å². The quantitative estimate of drug-likeness (QED) is 0.654. The Hall–Kier alpha value is -3.35. The molecule has 5 rings (SSSR count). The average molecular weight is 418 g/mol. The standard InChI is InChI=1S/C24H26N4O3/c1-17-8-7-13-28-22(29)14-18(25-23(17)28)15-27-16-21(24(30)26-11-5-2-6-12-26)31-20-10-4-3-9-19(20)27/h3-4,7-10,13-14,21H,2,5-6,11-12,15-16H2,1H3/t21-/m0/s1. The molecule has 1 atom stereocenters. The molecule has 0 N–H and O–H groups in total. The van der Waals surface area contributed by atoms with E-state index in [1.807, 2.05) is 48.2 Å². The van der Waals surface area contributed by atoms with Crippen molar-refractivity contribution in [2.45, 2.75) is 38.8 Å². The van der Waals surface area contributed by atoms with Gasteiger partial charge in [-0.25, -0.2) is 4.98 Å². The van der Waals surface area contributed by atoms with E-state index in [0.717, 1.165) is 37.2 Å². The summed E-state index contributed by atoms with van der Waals surface area (Å²) in [6, 6.07) is 13.1. The molecule has 4 heterocycles. The number of hydrogen-bond donors (Lipinski definition) is 0. The predicted octanol–water partition coefficient (Wildman–Crippen LogP) is 2.78. The molecule has 1 saturated heterocycles. The maximum absolute atomic E-state index is 13.1. The number of amides is 1. The molecule has 1 aromatic carbocycles. The number of fused-ring (bicyclic) bond motifs is 2. The molecule has 2 aliphatic heterocycles. The first kappa shape index (κ1) is 19.6. The van der Waals surface area contributed by atoms with Crippen LogP contribution in [0.2, 0.25) is 0 Å².